The molecule has 1 saturated heterocycles. The predicted octanol–water partition coefficient (Wildman–Crippen LogP) is 2.77. The Hall–Kier alpha value is -1.14. The molecule has 0 atom stereocenters. The Labute approximate surface area is 140 Å². The highest BCUT2D eigenvalue weighted by Crippen LogP contribution is 2.38. The predicted molar refractivity (Wildman–Crippen MR) is 96.9 cm³/mol. The molecule has 0 amide bonds. The fraction of sp³-hybridized carbons (Fsp3) is 0.556. The molecule has 3 N–H and O–H groups in total. The quantitative estimate of drug-likeness (QED) is 0.793. The van der Waals surface area contributed by atoms with E-state index in [0.717, 1.165) is 24.1 Å². The van der Waals surface area contributed by atoms with Crippen molar-refractivity contribution in [2.24, 2.45) is 5.73 Å². The molecule has 2 rings (SSSR count). The van der Waals surface area contributed by atoms with Gasteiger partial charge in [0.25, 0.3) is 0 Å². The second-order valence-corrected chi connectivity index (χ2v) is 7.04. The first-order chi connectivity index (χ1) is 10.8. The zero-order valence-electron chi connectivity index (χ0n) is 15.0. The number of benzene rings is 1. The van der Waals surface area contributed by atoms with Crippen molar-refractivity contribution in [2.75, 3.05) is 13.1 Å². The number of nitrogens with two attached hydrogens (primary N) is 1. The van der Waals surface area contributed by atoms with Crippen molar-refractivity contribution in [3.05, 3.63) is 40.9 Å². The molecule has 0 saturated carbocycles. The third-order valence-corrected chi connectivity index (χ3v) is 4.67. The smallest absolute Gasteiger partial charge is 0.400 e. The van der Waals surface area contributed by atoms with Gasteiger partial charge in [0.1, 0.15) is 0 Å². The molecule has 23 heavy (non-hydrogen) atoms. The molecule has 1 aliphatic heterocycles. The standard InChI is InChI=1S/C18H29BN2O2/c1-6-21-13-15-9-7-8-14(10-15)11-16(12-20)19-22-17(2,3)18(4,5)23-19/h7-11,21H,6,12-13,20H2,1-5H3. The second kappa shape index (κ2) is 7.18. The molecule has 0 radical (unpaired) electrons. The van der Waals surface area contributed by atoms with Gasteiger partial charge in [0.15, 0.2) is 0 Å². The van der Waals surface area contributed by atoms with Gasteiger partial charge in [-0.15, -0.1) is 0 Å². The van der Waals surface area contributed by atoms with Crippen LogP contribution in [0, 0.1) is 0 Å². The number of hydrogen-bond donors (Lipinski definition) is 2. The van der Waals surface area contributed by atoms with Crippen LogP contribution in [0.2, 0.25) is 0 Å². The van der Waals surface area contributed by atoms with Crippen LogP contribution in [0.3, 0.4) is 0 Å². The van der Waals surface area contributed by atoms with Crippen molar-refractivity contribution in [2.45, 2.75) is 52.4 Å². The Morgan fingerprint density at radius 3 is 2.43 bits per heavy atom. The van der Waals surface area contributed by atoms with Gasteiger partial charge in [-0.3, -0.25) is 0 Å². The summed E-state index contributed by atoms with van der Waals surface area (Å²) in [6, 6.07) is 8.44. The van der Waals surface area contributed by atoms with E-state index in [1.807, 2.05) is 0 Å². The summed E-state index contributed by atoms with van der Waals surface area (Å²) in [6.07, 6.45) is 2.08. The van der Waals surface area contributed by atoms with Crippen LogP contribution in [0.4, 0.5) is 0 Å². The van der Waals surface area contributed by atoms with Crippen LogP contribution in [0.25, 0.3) is 6.08 Å². The SMILES string of the molecule is CCNCc1cccc(C=C(CN)B2OC(C)(C)C(C)(C)O2)c1. The molecule has 4 nitrogen and oxygen atoms in total. The minimum absolute atomic E-state index is 0.348. The molecule has 126 valence electrons. The molecular weight excluding hydrogens is 287 g/mol. The van der Waals surface area contributed by atoms with Crippen LogP contribution in [0.5, 0.6) is 0 Å². The van der Waals surface area contributed by atoms with Gasteiger partial charge >= 0.3 is 7.12 Å². The molecule has 0 bridgehead atoms. The summed E-state index contributed by atoms with van der Waals surface area (Å²) in [6.45, 7) is 12.6. The number of hydrogen-bond acceptors (Lipinski definition) is 4. The van der Waals surface area contributed by atoms with Gasteiger partial charge in [-0.2, -0.15) is 0 Å². The highest BCUT2D eigenvalue weighted by atomic mass is 16.7. The average Bonchev–Trinajstić information content (AvgIpc) is 2.71. The maximum absolute atomic E-state index is 6.10. The van der Waals surface area contributed by atoms with Crippen LogP contribution in [0.1, 0.15) is 45.7 Å². The first-order valence-corrected chi connectivity index (χ1v) is 8.35. The average molecular weight is 316 g/mol. The lowest BCUT2D eigenvalue weighted by molar-refractivity contribution is 0.00578. The van der Waals surface area contributed by atoms with E-state index in [1.165, 1.54) is 5.56 Å². The molecule has 1 aromatic carbocycles. The fourth-order valence-electron chi connectivity index (χ4n) is 2.49. The van der Waals surface area contributed by atoms with Crippen molar-refractivity contribution in [3.8, 4) is 0 Å². The summed E-state index contributed by atoms with van der Waals surface area (Å²) in [7, 11) is -0.387. The van der Waals surface area contributed by atoms with E-state index in [4.69, 9.17) is 15.0 Å². The summed E-state index contributed by atoms with van der Waals surface area (Å²) in [4.78, 5) is 0. The molecule has 1 heterocycles. The Morgan fingerprint density at radius 2 is 1.87 bits per heavy atom. The third kappa shape index (κ3) is 4.24. The Kier molecular flexibility index (Phi) is 5.68. The van der Waals surface area contributed by atoms with E-state index >= 15 is 0 Å². The summed E-state index contributed by atoms with van der Waals surface area (Å²) >= 11 is 0. The highest BCUT2D eigenvalue weighted by molar-refractivity contribution is 6.55. The lowest BCUT2D eigenvalue weighted by Crippen LogP contribution is -2.41. The Morgan fingerprint density at radius 1 is 1.22 bits per heavy atom. The van der Waals surface area contributed by atoms with Crippen molar-refractivity contribution in [3.63, 3.8) is 0 Å². The minimum Gasteiger partial charge on any atom is -0.400 e. The van der Waals surface area contributed by atoms with E-state index in [2.05, 4.69) is 70.3 Å². The molecule has 0 aromatic heterocycles. The lowest BCUT2D eigenvalue weighted by atomic mass is 9.77. The third-order valence-electron chi connectivity index (χ3n) is 4.67. The van der Waals surface area contributed by atoms with E-state index in [1.54, 1.807) is 0 Å². The molecule has 0 aliphatic carbocycles. The zero-order valence-corrected chi connectivity index (χ0v) is 15.0. The maximum atomic E-state index is 6.10. The second-order valence-electron chi connectivity index (χ2n) is 7.04. The van der Waals surface area contributed by atoms with Crippen LogP contribution in [0.15, 0.2) is 29.7 Å². The first-order valence-electron chi connectivity index (χ1n) is 8.35. The van der Waals surface area contributed by atoms with Crippen LogP contribution in [-0.2, 0) is 15.9 Å². The van der Waals surface area contributed by atoms with Crippen LogP contribution < -0.4 is 11.1 Å². The van der Waals surface area contributed by atoms with Gasteiger partial charge in [-0.25, -0.2) is 0 Å². The molecule has 5 heteroatoms. The fourth-order valence-corrected chi connectivity index (χ4v) is 2.49. The summed E-state index contributed by atoms with van der Waals surface area (Å²) in [5.74, 6) is 0. The van der Waals surface area contributed by atoms with Gasteiger partial charge in [-0.05, 0) is 50.8 Å². The maximum Gasteiger partial charge on any atom is 0.491 e. The van der Waals surface area contributed by atoms with Crippen molar-refractivity contribution in [1.82, 2.24) is 5.32 Å². The van der Waals surface area contributed by atoms with Gasteiger partial charge in [0.05, 0.1) is 11.2 Å². The topological polar surface area (TPSA) is 56.5 Å². The van der Waals surface area contributed by atoms with Gasteiger partial charge in [0, 0.05) is 13.1 Å². The van der Waals surface area contributed by atoms with Crippen molar-refractivity contribution in [1.29, 1.82) is 0 Å². The van der Waals surface area contributed by atoms with Gasteiger partial charge < -0.3 is 20.4 Å². The molecular formula is C18H29BN2O2. The summed E-state index contributed by atoms with van der Waals surface area (Å²) in [5, 5.41) is 3.34. The Balaban J connectivity index is 2.20. The van der Waals surface area contributed by atoms with E-state index in [9.17, 15) is 0 Å². The molecule has 1 aromatic rings. The van der Waals surface area contributed by atoms with Crippen LogP contribution >= 0.6 is 0 Å². The first kappa shape index (κ1) is 18.2. The van der Waals surface area contributed by atoms with E-state index < -0.39 is 0 Å². The van der Waals surface area contributed by atoms with E-state index in [0.29, 0.717) is 6.54 Å². The Bertz CT molecular complexity index is 554. The lowest BCUT2D eigenvalue weighted by Gasteiger charge is -2.32. The number of rotatable bonds is 6. The largest absolute Gasteiger partial charge is 0.491 e. The molecule has 1 aliphatic rings. The zero-order chi connectivity index (χ0) is 17.1. The minimum atomic E-state index is -0.387. The molecule has 0 unspecified atom stereocenters. The van der Waals surface area contributed by atoms with E-state index in [-0.39, 0.29) is 18.3 Å². The monoisotopic (exact) mass is 316 g/mol. The number of nitrogens with one attached hydrogen (secondary N) is 1. The molecule has 0 spiro atoms. The van der Waals surface area contributed by atoms with Gasteiger partial charge in [0.2, 0.25) is 0 Å². The molecule has 1 fully saturated rings. The van der Waals surface area contributed by atoms with Crippen molar-refractivity contribution >= 4 is 13.2 Å². The normalized spacial score (nSPS) is 20.1. The summed E-state index contributed by atoms with van der Waals surface area (Å²) in [5.41, 5.74) is 8.60. The highest BCUT2D eigenvalue weighted by Gasteiger charge is 2.52. The summed E-state index contributed by atoms with van der Waals surface area (Å²) < 4.78 is 12.2. The van der Waals surface area contributed by atoms with Crippen LogP contribution in [-0.4, -0.2) is 31.4 Å². The van der Waals surface area contributed by atoms with Gasteiger partial charge in [-0.1, -0.05) is 37.3 Å². The van der Waals surface area contributed by atoms with Crippen molar-refractivity contribution < 1.29 is 9.31 Å².